The van der Waals surface area contributed by atoms with Crippen molar-refractivity contribution in [3.8, 4) is 10.6 Å². The summed E-state index contributed by atoms with van der Waals surface area (Å²) < 4.78 is 0. The van der Waals surface area contributed by atoms with Gasteiger partial charge in [0.1, 0.15) is 10.7 Å². The number of nitrogens with one attached hydrogen (secondary N) is 1. The molecule has 0 saturated heterocycles. The third kappa shape index (κ3) is 3.43. The number of amides is 1. The molecule has 20 heavy (non-hydrogen) atoms. The molecule has 0 saturated carbocycles. The Morgan fingerprint density at radius 1 is 1.45 bits per heavy atom. The molecule has 4 nitrogen and oxygen atoms in total. The number of aliphatic hydroxyl groups is 1. The molecule has 0 aliphatic carbocycles. The summed E-state index contributed by atoms with van der Waals surface area (Å²) in [6, 6.07) is 7.98. The summed E-state index contributed by atoms with van der Waals surface area (Å²) in [6.07, 6.45) is 0. The maximum Gasteiger partial charge on any atom is 0.270 e. The molecule has 5 heteroatoms. The third-order valence-electron chi connectivity index (χ3n) is 3.04. The number of hydrogen-bond donors (Lipinski definition) is 2. The molecule has 1 amide bonds. The van der Waals surface area contributed by atoms with Crippen molar-refractivity contribution in [2.45, 2.75) is 13.8 Å². The number of carbonyl (C=O) groups is 1. The molecule has 1 heterocycles. The molecule has 0 bridgehead atoms. The minimum Gasteiger partial charge on any atom is -0.396 e. The van der Waals surface area contributed by atoms with Crippen LogP contribution in [0.4, 0.5) is 0 Å². The molecule has 1 aromatic carbocycles. The Morgan fingerprint density at radius 3 is 2.90 bits per heavy atom. The number of aromatic nitrogens is 1. The van der Waals surface area contributed by atoms with E-state index in [1.165, 1.54) is 11.3 Å². The van der Waals surface area contributed by atoms with Gasteiger partial charge in [-0.15, -0.1) is 11.3 Å². The lowest BCUT2D eigenvalue weighted by Gasteiger charge is -2.08. The molecular formula is C15H18N2O2S. The van der Waals surface area contributed by atoms with Gasteiger partial charge in [-0.25, -0.2) is 4.98 Å². The Balaban J connectivity index is 2.09. The van der Waals surface area contributed by atoms with Gasteiger partial charge in [0, 0.05) is 24.1 Å². The van der Waals surface area contributed by atoms with Crippen molar-refractivity contribution in [2.75, 3.05) is 13.2 Å². The van der Waals surface area contributed by atoms with Gasteiger partial charge < -0.3 is 10.4 Å². The molecule has 1 atom stereocenters. The van der Waals surface area contributed by atoms with Crippen LogP contribution in [0.2, 0.25) is 0 Å². The average molecular weight is 290 g/mol. The predicted octanol–water partition coefficient (Wildman–Crippen LogP) is 2.48. The van der Waals surface area contributed by atoms with Crippen LogP contribution in [0.25, 0.3) is 10.6 Å². The van der Waals surface area contributed by atoms with E-state index in [-0.39, 0.29) is 18.4 Å². The van der Waals surface area contributed by atoms with Gasteiger partial charge in [0.2, 0.25) is 0 Å². The highest BCUT2D eigenvalue weighted by Gasteiger charge is 2.13. The smallest absolute Gasteiger partial charge is 0.270 e. The summed E-state index contributed by atoms with van der Waals surface area (Å²) in [4.78, 5) is 16.3. The van der Waals surface area contributed by atoms with Crippen molar-refractivity contribution in [2.24, 2.45) is 5.92 Å². The van der Waals surface area contributed by atoms with Crippen LogP contribution in [0.15, 0.2) is 29.6 Å². The van der Waals surface area contributed by atoms with Crippen LogP contribution >= 0.6 is 11.3 Å². The first kappa shape index (κ1) is 14.7. The van der Waals surface area contributed by atoms with Crippen molar-refractivity contribution in [1.29, 1.82) is 0 Å². The summed E-state index contributed by atoms with van der Waals surface area (Å²) >= 11 is 1.46. The van der Waals surface area contributed by atoms with Crippen LogP contribution in [0, 0.1) is 12.8 Å². The molecule has 1 aromatic heterocycles. The molecule has 1 unspecified atom stereocenters. The lowest BCUT2D eigenvalue weighted by molar-refractivity contribution is 0.0938. The maximum absolute atomic E-state index is 11.9. The van der Waals surface area contributed by atoms with Gasteiger partial charge in [0.15, 0.2) is 0 Å². The van der Waals surface area contributed by atoms with Crippen LogP contribution in [0.1, 0.15) is 23.0 Å². The lowest BCUT2D eigenvalue weighted by atomic mass is 10.1. The van der Waals surface area contributed by atoms with Gasteiger partial charge in [0.05, 0.1) is 0 Å². The Bertz CT molecular complexity index is 595. The fraction of sp³-hybridized carbons (Fsp3) is 0.333. The molecule has 0 aliphatic heterocycles. The molecule has 2 N–H and O–H groups in total. The van der Waals surface area contributed by atoms with Crippen LogP contribution in [0.5, 0.6) is 0 Å². The van der Waals surface area contributed by atoms with E-state index in [1.54, 1.807) is 5.38 Å². The van der Waals surface area contributed by atoms with Gasteiger partial charge in [-0.2, -0.15) is 0 Å². The number of benzene rings is 1. The summed E-state index contributed by atoms with van der Waals surface area (Å²) in [5, 5.41) is 14.3. The Morgan fingerprint density at radius 2 is 2.20 bits per heavy atom. The van der Waals surface area contributed by atoms with Gasteiger partial charge in [-0.1, -0.05) is 31.2 Å². The van der Waals surface area contributed by atoms with E-state index >= 15 is 0 Å². The van der Waals surface area contributed by atoms with Gasteiger partial charge in [-0.05, 0) is 18.4 Å². The summed E-state index contributed by atoms with van der Waals surface area (Å²) in [5.74, 6) is -0.144. The minimum atomic E-state index is -0.193. The summed E-state index contributed by atoms with van der Waals surface area (Å²) in [7, 11) is 0. The van der Waals surface area contributed by atoms with Crippen molar-refractivity contribution >= 4 is 17.2 Å². The fourth-order valence-corrected chi connectivity index (χ4v) is 2.63. The topological polar surface area (TPSA) is 62.2 Å². The Hall–Kier alpha value is -1.72. The number of carbonyl (C=O) groups excluding carboxylic acids is 1. The molecule has 0 aliphatic rings. The van der Waals surface area contributed by atoms with Crippen LogP contribution in [0.3, 0.4) is 0 Å². The molecule has 0 radical (unpaired) electrons. The fourth-order valence-electron chi connectivity index (χ4n) is 1.74. The highest BCUT2D eigenvalue weighted by atomic mass is 32.1. The Labute approximate surface area is 122 Å². The lowest BCUT2D eigenvalue weighted by Crippen LogP contribution is -2.29. The summed E-state index contributed by atoms with van der Waals surface area (Å²) in [6.45, 7) is 4.41. The second-order valence-corrected chi connectivity index (χ2v) is 5.71. The molecule has 0 spiro atoms. The number of rotatable bonds is 5. The van der Waals surface area contributed by atoms with Crippen LogP contribution in [-0.2, 0) is 0 Å². The number of hydrogen-bond acceptors (Lipinski definition) is 4. The van der Waals surface area contributed by atoms with Crippen molar-refractivity contribution in [3.05, 3.63) is 40.9 Å². The Kier molecular flexibility index (Phi) is 4.87. The highest BCUT2D eigenvalue weighted by molar-refractivity contribution is 7.13. The van der Waals surface area contributed by atoms with E-state index in [1.807, 2.05) is 38.1 Å². The first-order chi connectivity index (χ1) is 9.61. The van der Waals surface area contributed by atoms with E-state index in [0.29, 0.717) is 12.2 Å². The van der Waals surface area contributed by atoms with Gasteiger partial charge in [-0.3, -0.25) is 4.79 Å². The zero-order valence-electron chi connectivity index (χ0n) is 11.6. The van der Waals surface area contributed by atoms with Crippen molar-refractivity contribution in [3.63, 3.8) is 0 Å². The maximum atomic E-state index is 11.9. The SMILES string of the molecule is Cc1ccccc1-c1nc(C(=O)NCC(C)CO)cs1. The highest BCUT2D eigenvalue weighted by Crippen LogP contribution is 2.26. The van der Waals surface area contributed by atoms with Gasteiger partial charge >= 0.3 is 0 Å². The third-order valence-corrected chi connectivity index (χ3v) is 3.91. The number of thiazole rings is 1. The zero-order valence-corrected chi connectivity index (χ0v) is 12.4. The monoisotopic (exact) mass is 290 g/mol. The van der Waals surface area contributed by atoms with E-state index in [2.05, 4.69) is 10.3 Å². The molecular weight excluding hydrogens is 272 g/mol. The molecule has 2 rings (SSSR count). The number of aryl methyl sites for hydroxylation is 1. The predicted molar refractivity (Wildman–Crippen MR) is 80.9 cm³/mol. The zero-order chi connectivity index (χ0) is 14.5. The average Bonchev–Trinajstić information content (AvgIpc) is 2.94. The second-order valence-electron chi connectivity index (χ2n) is 4.85. The minimum absolute atomic E-state index is 0.0495. The van der Waals surface area contributed by atoms with Gasteiger partial charge in [0.25, 0.3) is 5.91 Å². The molecule has 0 fully saturated rings. The molecule has 2 aromatic rings. The van der Waals surface area contributed by atoms with Crippen LogP contribution in [-0.4, -0.2) is 29.1 Å². The van der Waals surface area contributed by atoms with Crippen molar-refractivity contribution in [1.82, 2.24) is 10.3 Å². The first-order valence-electron chi connectivity index (χ1n) is 6.52. The van der Waals surface area contributed by atoms with E-state index < -0.39 is 0 Å². The standard InChI is InChI=1S/C15H18N2O2S/c1-10(8-18)7-16-14(19)13-9-20-15(17-13)12-6-4-3-5-11(12)2/h3-6,9-10,18H,7-8H2,1-2H3,(H,16,19). The normalized spacial score (nSPS) is 12.2. The largest absolute Gasteiger partial charge is 0.396 e. The number of aliphatic hydroxyl groups excluding tert-OH is 1. The molecule has 106 valence electrons. The number of nitrogens with zero attached hydrogens (tertiary/aromatic N) is 1. The van der Waals surface area contributed by atoms with Crippen LogP contribution < -0.4 is 5.32 Å². The summed E-state index contributed by atoms with van der Waals surface area (Å²) in [5.41, 5.74) is 2.63. The van der Waals surface area contributed by atoms with E-state index in [0.717, 1.165) is 16.1 Å². The van der Waals surface area contributed by atoms with E-state index in [9.17, 15) is 4.79 Å². The van der Waals surface area contributed by atoms with Crippen molar-refractivity contribution < 1.29 is 9.90 Å². The quantitative estimate of drug-likeness (QED) is 0.889. The van der Waals surface area contributed by atoms with E-state index in [4.69, 9.17) is 5.11 Å². The second kappa shape index (κ2) is 6.63. The first-order valence-corrected chi connectivity index (χ1v) is 7.40.